The van der Waals surface area contributed by atoms with Gasteiger partial charge in [0.1, 0.15) is 23.0 Å². The lowest BCUT2D eigenvalue weighted by molar-refractivity contribution is 0.385. The van der Waals surface area contributed by atoms with E-state index < -0.39 is 16.8 Å². The van der Waals surface area contributed by atoms with Crippen molar-refractivity contribution in [2.24, 2.45) is 0 Å². The van der Waals surface area contributed by atoms with Crippen LogP contribution in [0.5, 0.6) is 23.0 Å². The van der Waals surface area contributed by atoms with Crippen molar-refractivity contribution in [2.75, 3.05) is 0 Å². The predicted octanol–water partition coefficient (Wildman–Crippen LogP) is 13.1. The maximum Gasteiger partial charge on any atom is 0.530 e. The van der Waals surface area contributed by atoms with Crippen LogP contribution in [-0.2, 0) is 0 Å². The summed E-state index contributed by atoms with van der Waals surface area (Å²) in [5.41, 5.74) is 5.89. The molecule has 0 aliphatic rings. The first kappa shape index (κ1) is 35.4. The Kier molecular flexibility index (Phi) is 10.3. The van der Waals surface area contributed by atoms with Gasteiger partial charge in [-0.15, -0.1) is 0 Å². The summed E-state index contributed by atoms with van der Waals surface area (Å²) in [6, 6.07) is 58.4. The summed E-state index contributed by atoms with van der Waals surface area (Å²) < 4.78 is 27.9. The van der Waals surface area contributed by atoms with E-state index in [4.69, 9.17) is 18.1 Å². The van der Waals surface area contributed by atoms with Gasteiger partial charge < -0.3 is 18.1 Å². The highest BCUT2D eigenvalue weighted by Gasteiger charge is 2.30. The first-order valence-corrected chi connectivity index (χ1v) is 20.4. The Morgan fingerprint density at radius 2 is 0.741 bits per heavy atom. The molecule has 0 unspecified atom stereocenters. The van der Waals surface area contributed by atoms with Crippen LogP contribution < -0.4 is 28.7 Å². The molecule has 0 fully saturated rings. The summed E-state index contributed by atoms with van der Waals surface area (Å²) in [5, 5.41) is 6.59. The Hall–Kier alpha value is -5.66. The van der Waals surface area contributed by atoms with Crippen molar-refractivity contribution in [3.05, 3.63) is 192 Å². The van der Waals surface area contributed by atoms with E-state index in [1.807, 2.05) is 74.5 Å². The molecule has 0 bridgehead atoms. The van der Waals surface area contributed by atoms with Crippen molar-refractivity contribution in [3.63, 3.8) is 0 Å². The van der Waals surface area contributed by atoms with Crippen molar-refractivity contribution in [1.82, 2.24) is 0 Å². The molecule has 0 N–H and O–H groups in total. The molecule has 0 amide bonds. The largest absolute Gasteiger partial charge is 0.530 e. The van der Waals surface area contributed by atoms with Crippen LogP contribution in [0.3, 0.4) is 0 Å². The third kappa shape index (κ3) is 7.29. The number of benzene rings is 8. The number of hydrogen-bond donors (Lipinski definition) is 0. The quantitative estimate of drug-likeness (QED) is 0.124. The number of rotatable bonds is 11. The van der Waals surface area contributed by atoms with Crippen LogP contribution in [0.25, 0.3) is 32.7 Å². The van der Waals surface area contributed by atoms with Crippen LogP contribution in [0, 0.1) is 27.7 Å². The van der Waals surface area contributed by atoms with E-state index in [0.717, 1.165) is 71.3 Å². The van der Waals surface area contributed by atoms with Gasteiger partial charge in [0, 0.05) is 21.7 Å². The van der Waals surface area contributed by atoms with Crippen molar-refractivity contribution >= 4 is 48.9 Å². The van der Waals surface area contributed by atoms with Gasteiger partial charge in [0.2, 0.25) is 0 Å². The molecule has 8 aromatic rings. The summed E-state index contributed by atoms with van der Waals surface area (Å²) in [6.07, 6.45) is 0. The van der Waals surface area contributed by atoms with E-state index in [1.54, 1.807) is 0 Å². The minimum Gasteiger partial charge on any atom is -0.464 e. The molecular formula is C48H40O4P2. The van der Waals surface area contributed by atoms with E-state index in [-0.39, 0.29) is 0 Å². The molecule has 0 aliphatic carbocycles. The number of para-hydroxylation sites is 2. The Labute approximate surface area is 319 Å². The van der Waals surface area contributed by atoms with Crippen LogP contribution in [0.4, 0.5) is 0 Å². The lowest BCUT2D eigenvalue weighted by Gasteiger charge is -2.27. The van der Waals surface area contributed by atoms with Gasteiger partial charge in [-0.2, -0.15) is 0 Å². The average molecular weight is 743 g/mol. The van der Waals surface area contributed by atoms with Gasteiger partial charge in [0.05, 0.1) is 0 Å². The molecule has 4 nitrogen and oxygen atoms in total. The number of fused-ring (bicyclic) bond motifs is 2. The van der Waals surface area contributed by atoms with Crippen LogP contribution in [0.15, 0.2) is 170 Å². The Morgan fingerprint density at radius 3 is 1.20 bits per heavy atom. The van der Waals surface area contributed by atoms with Crippen LogP contribution in [0.1, 0.15) is 22.3 Å². The highest BCUT2D eigenvalue weighted by molar-refractivity contribution is 7.68. The summed E-state index contributed by atoms with van der Waals surface area (Å²) in [4.78, 5) is 0. The topological polar surface area (TPSA) is 36.9 Å². The zero-order valence-electron chi connectivity index (χ0n) is 30.7. The second kappa shape index (κ2) is 15.7. The van der Waals surface area contributed by atoms with E-state index in [2.05, 4.69) is 123 Å². The van der Waals surface area contributed by atoms with Gasteiger partial charge in [-0.05, 0) is 95.8 Å². The van der Waals surface area contributed by atoms with E-state index in [1.165, 1.54) is 0 Å². The van der Waals surface area contributed by atoms with Gasteiger partial charge in [-0.3, -0.25) is 0 Å². The van der Waals surface area contributed by atoms with Gasteiger partial charge in [0.15, 0.2) is 8.15 Å². The smallest absolute Gasteiger partial charge is 0.464 e. The van der Waals surface area contributed by atoms with Gasteiger partial charge in [-0.25, -0.2) is 0 Å². The summed E-state index contributed by atoms with van der Waals surface area (Å²) in [7, 11) is -3.23. The molecule has 0 saturated carbocycles. The van der Waals surface area contributed by atoms with Crippen LogP contribution >= 0.6 is 16.8 Å². The van der Waals surface area contributed by atoms with Gasteiger partial charge in [-0.1, -0.05) is 146 Å². The summed E-state index contributed by atoms with van der Waals surface area (Å²) in [6.45, 7) is 8.30. The monoisotopic (exact) mass is 742 g/mol. The van der Waals surface area contributed by atoms with Crippen molar-refractivity contribution in [2.45, 2.75) is 27.7 Å². The van der Waals surface area contributed by atoms with Crippen LogP contribution in [-0.4, -0.2) is 0 Å². The molecule has 0 spiro atoms. The lowest BCUT2D eigenvalue weighted by Crippen LogP contribution is -2.16. The highest BCUT2D eigenvalue weighted by atomic mass is 31.2. The molecule has 0 aromatic heterocycles. The fourth-order valence-electron chi connectivity index (χ4n) is 6.75. The minimum absolute atomic E-state index is 0.686. The lowest BCUT2D eigenvalue weighted by atomic mass is 9.89. The van der Waals surface area contributed by atoms with E-state index in [0.29, 0.717) is 17.2 Å². The van der Waals surface area contributed by atoms with Crippen molar-refractivity contribution in [1.29, 1.82) is 0 Å². The maximum absolute atomic E-state index is 7.43. The average Bonchev–Trinajstić information content (AvgIpc) is 3.20. The third-order valence-corrected chi connectivity index (χ3v) is 12.4. The first-order valence-electron chi connectivity index (χ1n) is 18.0. The standard InChI is InChI=1S/C48H40O4P2/c1-33-19-11-17-29-43(33)49-54(50-44-30-18-12-20-34(44)2)52-48-36(4)32-38-22-14-16-28-42(38)46(48)45-41-27-15-13-21-37(41)31-35(3)47(45)51-53(39-23-7-5-8-24-39)40-25-9-6-10-26-40/h5-32H,1-4H3. The Bertz CT molecular complexity index is 2490. The van der Waals surface area contributed by atoms with E-state index in [9.17, 15) is 0 Å². The number of aryl methyl sites for hydroxylation is 4. The molecule has 266 valence electrons. The third-order valence-electron chi connectivity index (χ3n) is 9.49. The number of hydrogen-bond acceptors (Lipinski definition) is 4. The minimum atomic E-state index is -1.99. The van der Waals surface area contributed by atoms with Crippen molar-refractivity contribution in [3.8, 4) is 34.1 Å². The molecule has 0 aliphatic heterocycles. The van der Waals surface area contributed by atoms with E-state index >= 15 is 0 Å². The zero-order chi connectivity index (χ0) is 37.0. The molecule has 0 saturated heterocycles. The second-order valence-corrected chi connectivity index (χ2v) is 16.1. The predicted molar refractivity (Wildman–Crippen MR) is 227 cm³/mol. The summed E-state index contributed by atoms with van der Waals surface area (Å²) in [5.74, 6) is 2.92. The Morgan fingerprint density at radius 1 is 0.352 bits per heavy atom. The zero-order valence-corrected chi connectivity index (χ0v) is 32.5. The molecule has 0 radical (unpaired) electrons. The maximum atomic E-state index is 7.43. The van der Waals surface area contributed by atoms with Gasteiger partial charge in [0.25, 0.3) is 0 Å². The molecule has 0 heterocycles. The molecule has 8 aromatic carbocycles. The SMILES string of the molecule is Cc1ccccc1OP(Oc1ccccc1C)Oc1c(C)cc2ccccc2c1-c1c(OP(c2ccccc2)c2ccccc2)c(C)cc2ccccc12. The highest BCUT2D eigenvalue weighted by Crippen LogP contribution is 2.54. The first-order chi connectivity index (χ1) is 26.4. The molecule has 54 heavy (non-hydrogen) atoms. The molecular weight excluding hydrogens is 702 g/mol. The Balaban J connectivity index is 1.37. The fraction of sp³-hybridized carbons (Fsp3) is 0.0833. The fourth-order valence-corrected chi connectivity index (χ4v) is 9.79. The van der Waals surface area contributed by atoms with Crippen LogP contribution in [0.2, 0.25) is 0 Å². The van der Waals surface area contributed by atoms with Crippen molar-refractivity contribution < 1.29 is 18.1 Å². The summed E-state index contributed by atoms with van der Waals surface area (Å²) >= 11 is 0. The normalized spacial score (nSPS) is 11.3. The second-order valence-electron chi connectivity index (χ2n) is 13.3. The molecule has 8 rings (SSSR count). The molecule has 0 atom stereocenters. The molecule has 6 heteroatoms. The van der Waals surface area contributed by atoms with Gasteiger partial charge >= 0.3 is 8.60 Å².